The van der Waals surface area contributed by atoms with Crippen molar-refractivity contribution in [1.29, 1.82) is 0 Å². The van der Waals surface area contributed by atoms with E-state index in [1.165, 1.54) is 77.0 Å². The SMILES string of the molecule is CC1(C)c2ccccc2-c2cc(-c3ccc(N(c4ccc(-c5cccc6oc7ccccc7c56)cc4)c4ccc5c6ccccc6n6c7ccccc7c4c56)cc3)ccc21. The van der Waals surface area contributed by atoms with Gasteiger partial charge in [-0.15, -0.1) is 0 Å². The molecule has 3 nitrogen and oxygen atoms in total. The first-order valence-electron chi connectivity index (χ1n) is 20.8. The predicted molar refractivity (Wildman–Crippen MR) is 251 cm³/mol. The second kappa shape index (κ2) is 12.2. The zero-order valence-electron chi connectivity index (χ0n) is 33.3. The van der Waals surface area contributed by atoms with E-state index in [2.05, 4.69) is 205 Å². The molecule has 0 N–H and O–H groups in total. The molecule has 0 radical (unpaired) electrons. The second-order valence-electron chi connectivity index (χ2n) is 16.9. The van der Waals surface area contributed by atoms with E-state index in [1.54, 1.807) is 0 Å². The maximum absolute atomic E-state index is 6.29. The van der Waals surface area contributed by atoms with Crippen LogP contribution in [0.3, 0.4) is 0 Å². The molecule has 0 unspecified atom stereocenters. The summed E-state index contributed by atoms with van der Waals surface area (Å²) in [6.45, 7) is 4.68. The highest BCUT2D eigenvalue weighted by Gasteiger charge is 2.35. The predicted octanol–water partition coefficient (Wildman–Crippen LogP) is 15.8. The van der Waals surface area contributed by atoms with Crippen LogP contribution in [0, 0.1) is 0 Å². The quantitative estimate of drug-likeness (QED) is 0.174. The highest BCUT2D eigenvalue weighted by Crippen LogP contribution is 2.51. The number of rotatable bonds is 5. The number of fused-ring (bicyclic) bond motifs is 12. The largest absolute Gasteiger partial charge is 0.456 e. The van der Waals surface area contributed by atoms with Crippen LogP contribution in [-0.2, 0) is 5.41 Å². The lowest BCUT2D eigenvalue weighted by atomic mass is 9.82. The lowest BCUT2D eigenvalue weighted by molar-refractivity contribution is 0.660. The van der Waals surface area contributed by atoms with Crippen LogP contribution in [-0.4, -0.2) is 4.40 Å². The fourth-order valence-electron chi connectivity index (χ4n) is 10.6. The molecule has 0 spiro atoms. The van der Waals surface area contributed by atoms with Gasteiger partial charge in [-0.1, -0.05) is 147 Å². The van der Waals surface area contributed by atoms with Crippen molar-refractivity contribution >= 4 is 77.1 Å². The molecule has 0 atom stereocenters. The molecular formula is C57H38N2O. The molecule has 0 saturated carbocycles. The standard InChI is InChI=1S/C57H38N2O/c1-57(2)47-17-7-3-12-41(47)46-34-37(26-32-48(46)57)35-22-27-38(28-23-35)58(39-29-24-36(25-30-39)40-16-11-21-53-54(40)45-15-6-10-20-52(45)60-53)51-33-31-43-42-13-4-8-18-49(42)59-50-19-9-5-14-44(50)55(51)56(43)59/h3-34H,1-2H3. The monoisotopic (exact) mass is 766 g/mol. The summed E-state index contributed by atoms with van der Waals surface area (Å²) in [7, 11) is 0. The van der Waals surface area contributed by atoms with Crippen LogP contribution in [0.4, 0.5) is 17.1 Å². The lowest BCUT2D eigenvalue weighted by Gasteiger charge is -2.27. The Morgan fingerprint density at radius 2 is 1.02 bits per heavy atom. The van der Waals surface area contributed by atoms with Gasteiger partial charge in [0, 0.05) is 49.1 Å². The number of anilines is 3. The fraction of sp³-hybridized carbons (Fsp3) is 0.0526. The maximum atomic E-state index is 6.29. The maximum Gasteiger partial charge on any atom is 0.136 e. The van der Waals surface area contributed by atoms with E-state index in [0.29, 0.717) is 0 Å². The van der Waals surface area contributed by atoms with Gasteiger partial charge < -0.3 is 13.7 Å². The average Bonchev–Trinajstić information content (AvgIpc) is 4.02. The Hall–Kier alpha value is -7.62. The normalized spacial score (nSPS) is 13.3. The van der Waals surface area contributed by atoms with E-state index in [4.69, 9.17) is 4.42 Å². The summed E-state index contributed by atoms with van der Waals surface area (Å²) in [4.78, 5) is 2.45. The van der Waals surface area contributed by atoms with Gasteiger partial charge in [0.05, 0.1) is 22.2 Å². The van der Waals surface area contributed by atoms with Crippen molar-refractivity contribution in [3.8, 4) is 33.4 Å². The van der Waals surface area contributed by atoms with Gasteiger partial charge in [0.15, 0.2) is 0 Å². The van der Waals surface area contributed by atoms with Crippen molar-refractivity contribution in [3.63, 3.8) is 0 Å². The minimum atomic E-state index is -0.0178. The van der Waals surface area contributed by atoms with Crippen LogP contribution in [0.1, 0.15) is 25.0 Å². The molecule has 9 aromatic carbocycles. The zero-order chi connectivity index (χ0) is 39.7. The van der Waals surface area contributed by atoms with Crippen LogP contribution in [0.5, 0.6) is 0 Å². The van der Waals surface area contributed by atoms with Gasteiger partial charge in [0.25, 0.3) is 0 Å². The van der Waals surface area contributed by atoms with E-state index >= 15 is 0 Å². The Morgan fingerprint density at radius 1 is 0.417 bits per heavy atom. The number of benzene rings is 9. The highest BCUT2D eigenvalue weighted by atomic mass is 16.3. The highest BCUT2D eigenvalue weighted by molar-refractivity contribution is 6.27. The van der Waals surface area contributed by atoms with Crippen LogP contribution in [0.25, 0.3) is 93.4 Å². The van der Waals surface area contributed by atoms with Crippen molar-refractivity contribution in [2.24, 2.45) is 0 Å². The molecule has 3 heteroatoms. The molecule has 282 valence electrons. The second-order valence-corrected chi connectivity index (χ2v) is 16.9. The molecule has 1 aliphatic rings. The Bertz CT molecular complexity index is 3680. The van der Waals surface area contributed by atoms with Gasteiger partial charge in [-0.3, -0.25) is 0 Å². The van der Waals surface area contributed by atoms with E-state index < -0.39 is 0 Å². The number of hydrogen-bond acceptors (Lipinski definition) is 2. The third-order valence-electron chi connectivity index (χ3n) is 13.4. The molecule has 1 aliphatic carbocycles. The summed E-state index contributed by atoms with van der Waals surface area (Å²) in [5.74, 6) is 0. The van der Waals surface area contributed by atoms with Gasteiger partial charge in [-0.2, -0.15) is 0 Å². The molecule has 60 heavy (non-hydrogen) atoms. The molecule has 3 aromatic heterocycles. The van der Waals surface area contributed by atoms with Crippen LogP contribution in [0.15, 0.2) is 199 Å². The molecule has 0 bridgehead atoms. The molecule has 0 aliphatic heterocycles. The third kappa shape index (κ3) is 4.55. The van der Waals surface area contributed by atoms with Gasteiger partial charge in [0.1, 0.15) is 11.2 Å². The van der Waals surface area contributed by atoms with Crippen molar-refractivity contribution in [1.82, 2.24) is 4.40 Å². The van der Waals surface area contributed by atoms with E-state index in [1.807, 2.05) is 12.1 Å². The molecule has 0 fully saturated rings. The number of furan rings is 1. The van der Waals surface area contributed by atoms with Crippen LogP contribution < -0.4 is 4.90 Å². The van der Waals surface area contributed by atoms with Gasteiger partial charge in [-0.05, 0) is 105 Å². The van der Waals surface area contributed by atoms with Crippen molar-refractivity contribution in [3.05, 3.63) is 205 Å². The molecule has 13 rings (SSSR count). The van der Waals surface area contributed by atoms with Crippen molar-refractivity contribution in [2.75, 3.05) is 4.90 Å². The van der Waals surface area contributed by atoms with Gasteiger partial charge >= 0.3 is 0 Å². The number of nitrogens with zero attached hydrogens (tertiary/aromatic N) is 2. The molecular weight excluding hydrogens is 729 g/mol. The number of para-hydroxylation sites is 3. The molecule has 12 aromatic rings. The first-order valence-corrected chi connectivity index (χ1v) is 20.8. The van der Waals surface area contributed by atoms with E-state index in [9.17, 15) is 0 Å². The molecule has 0 amide bonds. The fourth-order valence-corrected chi connectivity index (χ4v) is 10.6. The minimum Gasteiger partial charge on any atom is -0.456 e. The van der Waals surface area contributed by atoms with Crippen LogP contribution in [0.2, 0.25) is 0 Å². The van der Waals surface area contributed by atoms with Crippen LogP contribution >= 0.6 is 0 Å². The van der Waals surface area contributed by atoms with E-state index in [-0.39, 0.29) is 5.41 Å². The van der Waals surface area contributed by atoms with Crippen molar-refractivity contribution in [2.45, 2.75) is 19.3 Å². The smallest absolute Gasteiger partial charge is 0.136 e. The molecule has 3 heterocycles. The van der Waals surface area contributed by atoms with Gasteiger partial charge in [0.2, 0.25) is 0 Å². The molecule has 0 saturated heterocycles. The summed E-state index contributed by atoms with van der Waals surface area (Å²) in [6, 6.07) is 71.2. The average molecular weight is 767 g/mol. The topological polar surface area (TPSA) is 20.8 Å². The first kappa shape index (κ1) is 33.4. The summed E-state index contributed by atoms with van der Waals surface area (Å²) in [5.41, 5.74) is 19.1. The van der Waals surface area contributed by atoms with E-state index in [0.717, 1.165) is 44.6 Å². The Labute approximate surface area is 347 Å². The summed E-state index contributed by atoms with van der Waals surface area (Å²) in [5, 5.41) is 7.33. The Morgan fingerprint density at radius 3 is 1.82 bits per heavy atom. The Balaban J connectivity index is 0.995. The lowest BCUT2D eigenvalue weighted by Crippen LogP contribution is -2.14. The summed E-state index contributed by atoms with van der Waals surface area (Å²) in [6.07, 6.45) is 0. The summed E-state index contributed by atoms with van der Waals surface area (Å²) < 4.78 is 8.75. The number of aromatic nitrogens is 1. The Kier molecular flexibility index (Phi) is 6.78. The summed E-state index contributed by atoms with van der Waals surface area (Å²) >= 11 is 0. The van der Waals surface area contributed by atoms with Gasteiger partial charge in [-0.25, -0.2) is 0 Å². The zero-order valence-corrected chi connectivity index (χ0v) is 33.3. The third-order valence-corrected chi connectivity index (χ3v) is 13.4. The first-order chi connectivity index (χ1) is 29.5. The van der Waals surface area contributed by atoms with Crippen molar-refractivity contribution < 1.29 is 4.42 Å². The minimum absolute atomic E-state index is 0.0178. The number of hydrogen-bond donors (Lipinski definition) is 0.